The first-order valence-electron chi connectivity index (χ1n) is 4.15. The molecular formula is C9H6FN3O3. The summed E-state index contributed by atoms with van der Waals surface area (Å²) in [5, 5.41) is 20.9. The van der Waals surface area contributed by atoms with Crippen molar-refractivity contribution < 1.29 is 14.1 Å². The number of rotatable bonds is 3. The second-order valence-corrected chi connectivity index (χ2v) is 2.76. The minimum atomic E-state index is -0.857. The minimum Gasteiger partial charge on any atom is -0.339 e. The highest BCUT2D eigenvalue weighted by Crippen LogP contribution is 2.19. The molecule has 82 valence electrons. The SMILES string of the molecule is N#CCNC(=O)c1ccc(F)cc1[N+](=O)[O-]. The largest absolute Gasteiger partial charge is 0.339 e. The van der Waals surface area contributed by atoms with Gasteiger partial charge in [0.25, 0.3) is 11.6 Å². The van der Waals surface area contributed by atoms with E-state index in [0.717, 1.165) is 12.1 Å². The van der Waals surface area contributed by atoms with Crippen LogP contribution in [0.1, 0.15) is 10.4 Å². The van der Waals surface area contributed by atoms with Crippen LogP contribution < -0.4 is 5.32 Å². The lowest BCUT2D eigenvalue weighted by Gasteiger charge is -2.02. The van der Waals surface area contributed by atoms with Gasteiger partial charge in [-0.1, -0.05) is 0 Å². The van der Waals surface area contributed by atoms with Gasteiger partial charge in [-0.25, -0.2) is 4.39 Å². The van der Waals surface area contributed by atoms with Crippen molar-refractivity contribution in [1.82, 2.24) is 5.32 Å². The molecule has 0 aliphatic carbocycles. The summed E-state index contributed by atoms with van der Waals surface area (Å²) in [4.78, 5) is 21.0. The van der Waals surface area contributed by atoms with Crippen LogP contribution in [-0.2, 0) is 0 Å². The quantitative estimate of drug-likeness (QED) is 0.469. The molecule has 0 saturated heterocycles. The fraction of sp³-hybridized carbons (Fsp3) is 0.111. The predicted octanol–water partition coefficient (Wildman–Crippen LogP) is 0.987. The van der Waals surface area contributed by atoms with Crippen molar-refractivity contribution in [3.05, 3.63) is 39.7 Å². The summed E-state index contributed by atoms with van der Waals surface area (Å²) in [5.74, 6) is -1.59. The first-order chi connectivity index (χ1) is 7.56. The first kappa shape index (κ1) is 11.6. The van der Waals surface area contributed by atoms with Crippen molar-refractivity contribution >= 4 is 11.6 Å². The molecule has 16 heavy (non-hydrogen) atoms. The van der Waals surface area contributed by atoms with Gasteiger partial charge in [-0.05, 0) is 12.1 Å². The normalized spacial score (nSPS) is 9.25. The number of carbonyl (C=O) groups is 1. The van der Waals surface area contributed by atoms with Crippen LogP contribution in [-0.4, -0.2) is 17.4 Å². The van der Waals surface area contributed by atoms with Crippen LogP contribution >= 0.6 is 0 Å². The summed E-state index contributed by atoms with van der Waals surface area (Å²) in [6.07, 6.45) is 0. The third-order valence-electron chi connectivity index (χ3n) is 1.73. The number of nitro groups is 1. The van der Waals surface area contributed by atoms with Gasteiger partial charge in [0.15, 0.2) is 0 Å². The Kier molecular flexibility index (Phi) is 3.50. The van der Waals surface area contributed by atoms with Gasteiger partial charge in [0.2, 0.25) is 0 Å². The Bertz CT molecular complexity index is 481. The van der Waals surface area contributed by atoms with Gasteiger partial charge in [-0.2, -0.15) is 5.26 Å². The van der Waals surface area contributed by atoms with Crippen molar-refractivity contribution in [3.63, 3.8) is 0 Å². The molecule has 1 aromatic rings. The lowest BCUT2D eigenvalue weighted by molar-refractivity contribution is -0.385. The van der Waals surface area contributed by atoms with Crippen molar-refractivity contribution in [2.75, 3.05) is 6.54 Å². The first-order valence-corrected chi connectivity index (χ1v) is 4.15. The summed E-state index contributed by atoms with van der Waals surface area (Å²) < 4.78 is 12.7. The summed E-state index contributed by atoms with van der Waals surface area (Å²) in [6.45, 7) is -0.270. The highest BCUT2D eigenvalue weighted by atomic mass is 19.1. The molecule has 1 rings (SSSR count). The van der Waals surface area contributed by atoms with Crippen molar-refractivity contribution in [2.24, 2.45) is 0 Å². The molecule has 6 nitrogen and oxygen atoms in total. The number of amides is 1. The van der Waals surface area contributed by atoms with Crippen LogP contribution in [0.2, 0.25) is 0 Å². The molecule has 0 spiro atoms. The number of nitrogens with zero attached hydrogens (tertiary/aromatic N) is 2. The van der Waals surface area contributed by atoms with Gasteiger partial charge in [-0.15, -0.1) is 0 Å². The molecule has 0 unspecified atom stereocenters. The second kappa shape index (κ2) is 4.84. The van der Waals surface area contributed by atoms with Gasteiger partial charge in [0, 0.05) is 0 Å². The summed E-state index contributed by atoms with van der Waals surface area (Å²) in [7, 11) is 0. The number of benzene rings is 1. The van der Waals surface area contributed by atoms with Gasteiger partial charge >= 0.3 is 0 Å². The molecule has 0 aromatic heterocycles. The van der Waals surface area contributed by atoms with Crippen LogP contribution in [0.15, 0.2) is 18.2 Å². The van der Waals surface area contributed by atoms with E-state index in [1.807, 2.05) is 0 Å². The predicted molar refractivity (Wildman–Crippen MR) is 51.0 cm³/mol. The van der Waals surface area contributed by atoms with E-state index in [1.54, 1.807) is 6.07 Å². The Hall–Kier alpha value is -2.49. The van der Waals surface area contributed by atoms with E-state index in [-0.39, 0.29) is 12.1 Å². The molecule has 0 aliphatic rings. The maximum Gasteiger partial charge on any atom is 0.285 e. The number of hydrogen-bond donors (Lipinski definition) is 1. The van der Waals surface area contributed by atoms with Crippen molar-refractivity contribution in [3.8, 4) is 6.07 Å². The van der Waals surface area contributed by atoms with E-state index in [0.29, 0.717) is 6.07 Å². The Morgan fingerprint density at radius 2 is 2.31 bits per heavy atom. The number of halogens is 1. The smallest absolute Gasteiger partial charge is 0.285 e. The Morgan fingerprint density at radius 1 is 1.62 bits per heavy atom. The van der Waals surface area contributed by atoms with E-state index >= 15 is 0 Å². The zero-order chi connectivity index (χ0) is 12.1. The standard InChI is InChI=1S/C9H6FN3O3/c10-6-1-2-7(8(5-6)13(15)16)9(14)12-4-3-11/h1-2,5H,4H2,(H,12,14). The van der Waals surface area contributed by atoms with Crippen molar-refractivity contribution in [1.29, 1.82) is 5.26 Å². The minimum absolute atomic E-state index is 0.270. The molecule has 0 fully saturated rings. The van der Waals surface area contributed by atoms with Crippen LogP contribution in [0, 0.1) is 27.3 Å². The van der Waals surface area contributed by atoms with E-state index in [2.05, 4.69) is 5.32 Å². The monoisotopic (exact) mass is 223 g/mol. The Balaban J connectivity index is 3.08. The molecule has 0 atom stereocenters. The zero-order valence-corrected chi connectivity index (χ0v) is 7.94. The van der Waals surface area contributed by atoms with E-state index in [9.17, 15) is 19.3 Å². The van der Waals surface area contributed by atoms with Crippen LogP contribution in [0.5, 0.6) is 0 Å². The third kappa shape index (κ3) is 2.51. The highest BCUT2D eigenvalue weighted by molar-refractivity contribution is 5.98. The molecule has 0 heterocycles. The summed E-state index contributed by atoms with van der Waals surface area (Å²) in [5.41, 5.74) is -0.905. The molecule has 7 heteroatoms. The number of nitriles is 1. The van der Waals surface area contributed by atoms with Gasteiger partial charge in [-0.3, -0.25) is 14.9 Å². The number of nitro benzene ring substituents is 1. The third-order valence-corrected chi connectivity index (χ3v) is 1.73. The fourth-order valence-electron chi connectivity index (χ4n) is 1.06. The zero-order valence-electron chi connectivity index (χ0n) is 7.94. The number of hydrogen-bond acceptors (Lipinski definition) is 4. The number of nitrogens with one attached hydrogen (secondary N) is 1. The molecule has 0 saturated carbocycles. The topological polar surface area (TPSA) is 96.0 Å². The molecular weight excluding hydrogens is 217 g/mol. The van der Waals surface area contributed by atoms with Gasteiger partial charge in [0.1, 0.15) is 17.9 Å². The molecule has 1 N–H and O–H groups in total. The Morgan fingerprint density at radius 3 is 2.88 bits per heavy atom. The van der Waals surface area contributed by atoms with Crippen molar-refractivity contribution in [2.45, 2.75) is 0 Å². The lowest BCUT2D eigenvalue weighted by atomic mass is 10.1. The van der Waals surface area contributed by atoms with E-state index < -0.39 is 22.3 Å². The Labute approximate surface area is 89.4 Å². The van der Waals surface area contributed by atoms with Gasteiger partial charge in [0.05, 0.1) is 17.1 Å². The molecule has 0 radical (unpaired) electrons. The fourth-order valence-corrected chi connectivity index (χ4v) is 1.06. The number of carbonyl (C=O) groups excluding carboxylic acids is 1. The molecule has 1 aromatic carbocycles. The maximum atomic E-state index is 12.7. The molecule has 1 amide bonds. The average molecular weight is 223 g/mol. The van der Waals surface area contributed by atoms with Crippen LogP contribution in [0.25, 0.3) is 0 Å². The summed E-state index contributed by atoms with van der Waals surface area (Å²) in [6, 6.07) is 4.25. The molecule has 0 aliphatic heterocycles. The molecule has 0 bridgehead atoms. The maximum absolute atomic E-state index is 12.7. The lowest BCUT2D eigenvalue weighted by Crippen LogP contribution is -2.24. The summed E-state index contributed by atoms with van der Waals surface area (Å²) >= 11 is 0. The highest BCUT2D eigenvalue weighted by Gasteiger charge is 2.20. The van der Waals surface area contributed by atoms with Crippen LogP contribution in [0.4, 0.5) is 10.1 Å². The van der Waals surface area contributed by atoms with Gasteiger partial charge < -0.3 is 5.32 Å². The van der Waals surface area contributed by atoms with E-state index in [4.69, 9.17) is 5.26 Å². The average Bonchev–Trinajstić information content (AvgIpc) is 2.25. The van der Waals surface area contributed by atoms with E-state index in [1.165, 1.54) is 0 Å². The second-order valence-electron chi connectivity index (χ2n) is 2.76. The van der Waals surface area contributed by atoms with Crippen LogP contribution in [0.3, 0.4) is 0 Å².